The Bertz CT molecular complexity index is 194. The van der Waals surface area contributed by atoms with Crippen molar-refractivity contribution in [1.82, 2.24) is 0 Å². The SMILES string of the molecule is CC1CC=CC=C1C[C@H](O)CO. The zero-order chi connectivity index (χ0) is 8.97. The second kappa shape index (κ2) is 4.43. The largest absolute Gasteiger partial charge is 0.394 e. The number of hydrogen-bond acceptors (Lipinski definition) is 2. The Balaban J connectivity index is 2.49. The second-order valence-electron chi connectivity index (χ2n) is 3.35. The van der Waals surface area contributed by atoms with Gasteiger partial charge in [0.15, 0.2) is 0 Å². The van der Waals surface area contributed by atoms with E-state index in [-0.39, 0.29) is 6.61 Å². The van der Waals surface area contributed by atoms with E-state index in [2.05, 4.69) is 13.0 Å². The van der Waals surface area contributed by atoms with E-state index in [1.165, 1.54) is 5.57 Å². The van der Waals surface area contributed by atoms with Crippen LogP contribution < -0.4 is 0 Å². The van der Waals surface area contributed by atoms with Gasteiger partial charge in [-0.3, -0.25) is 0 Å². The fraction of sp³-hybridized carbons (Fsp3) is 0.600. The monoisotopic (exact) mass is 168 g/mol. The molecule has 0 aliphatic heterocycles. The lowest BCUT2D eigenvalue weighted by Crippen LogP contribution is -2.15. The molecule has 1 aliphatic rings. The average molecular weight is 168 g/mol. The first-order chi connectivity index (χ1) is 5.74. The van der Waals surface area contributed by atoms with Crippen LogP contribution in [-0.4, -0.2) is 22.9 Å². The highest BCUT2D eigenvalue weighted by atomic mass is 16.3. The predicted molar refractivity (Wildman–Crippen MR) is 48.7 cm³/mol. The van der Waals surface area contributed by atoms with Crippen molar-refractivity contribution in [2.24, 2.45) is 5.92 Å². The van der Waals surface area contributed by atoms with Gasteiger partial charge in [0, 0.05) is 0 Å². The smallest absolute Gasteiger partial charge is 0.0808 e. The van der Waals surface area contributed by atoms with Crippen molar-refractivity contribution in [3.63, 3.8) is 0 Å². The quantitative estimate of drug-likeness (QED) is 0.666. The molecule has 0 bridgehead atoms. The lowest BCUT2D eigenvalue weighted by molar-refractivity contribution is 0.0936. The minimum atomic E-state index is -0.592. The topological polar surface area (TPSA) is 40.5 Å². The van der Waals surface area contributed by atoms with Crippen LogP contribution in [0.5, 0.6) is 0 Å². The summed E-state index contributed by atoms with van der Waals surface area (Å²) in [4.78, 5) is 0. The third-order valence-corrected chi connectivity index (χ3v) is 2.25. The van der Waals surface area contributed by atoms with Crippen molar-refractivity contribution in [2.45, 2.75) is 25.9 Å². The lowest BCUT2D eigenvalue weighted by Gasteiger charge is -2.18. The molecule has 1 aliphatic carbocycles. The van der Waals surface area contributed by atoms with Gasteiger partial charge in [0.2, 0.25) is 0 Å². The third kappa shape index (κ3) is 2.47. The molecule has 2 N–H and O–H groups in total. The summed E-state index contributed by atoms with van der Waals surface area (Å²) in [5, 5.41) is 17.9. The van der Waals surface area contributed by atoms with Crippen molar-refractivity contribution in [2.75, 3.05) is 6.61 Å². The first-order valence-electron chi connectivity index (χ1n) is 4.38. The molecule has 68 valence electrons. The molecule has 0 heterocycles. The van der Waals surface area contributed by atoms with Crippen LogP contribution in [0.25, 0.3) is 0 Å². The summed E-state index contributed by atoms with van der Waals surface area (Å²) in [7, 11) is 0. The standard InChI is InChI=1S/C10H16O2/c1-8-4-2-3-5-9(8)6-10(12)7-11/h2-3,5,8,10-12H,4,6-7H2,1H3/t8?,10-/m0/s1. The minimum absolute atomic E-state index is 0.145. The van der Waals surface area contributed by atoms with Crippen molar-refractivity contribution in [3.05, 3.63) is 23.8 Å². The molecule has 2 atom stereocenters. The van der Waals surface area contributed by atoms with Gasteiger partial charge in [-0.2, -0.15) is 0 Å². The van der Waals surface area contributed by atoms with Crippen LogP contribution in [0.15, 0.2) is 23.8 Å². The molecular weight excluding hydrogens is 152 g/mol. The van der Waals surface area contributed by atoms with E-state index in [0.717, 1.165) is 6.42 Å². The van der Waals surface area contributed by atoms with E-state index in [4.69, 9.17) is 5.11 Å². The van der Waals surface area contributed by atoms with Crippen molar-refractivity contribution < 1.29 is 10.2 Å². The molecule has 0 saturated carbocycles. The maximum absolute atomic E-state index is 9.21. The van der Waals surface area contributed by atoms with Gasteiger partial charge < -0.3 is 10.2 Å². The van der Waals surface area contributed by atoms with Gasteiger partial charge in [0.05, 0.1) is 12.7 Å². The average Bonchev–Trinajstić information content (AvgIpc) is 2.09. The molecule has 0 spiro atoms. The van der Waals surface area contributed by atoms with E-state index < -0.39 is 6.10 Å². The Morgan fingerprint density at radius 1 is 1.67 bits per heavy atom. The Hall–Kier alpha value is -0.600. The summed E-state index contributed by atoms with van der Waals surface area (Å²) in [6, 6.07) is 0. The van der Waals surface area contributed by atoms with Gasteiger partial charge in [0.1, 0.15) is 0 Å². The predicted octanol–water partition coefficient (Wildman–Crippen LogP) is 1.25. The number of hydrogen-bond donors (Lipinski definition) is 2. The summed E-state index contributed by atoms with van der Waals surface area (Å²) in [5.74, 6) is 0.510. The summed E-state index contributed by atoms with van der Waals surface area (Å²) in [6.45, 7) is 1.99. The molecule has 12 heavy (non-hydrogen) atoms. The lowest BCUT2D eigenvalue weighted by atomic mass is 9.89. The summed E-state index contributed by atoms with van der Waals surface area (Å²) in [6.07, 6.45) is 7.23. The van der Waals surface area contributed by atoms with E-state index in [1.807, 2.05) is 12.2 Å². The molecule has 1 unspecified atom stereocenters. The van der Waals surface area contributed by atoms with Crippen LogP contribution >= 0.6 is 0 Å². The van der Waals surface area contributed by atoms with Gasteiger partial charge >= 0.3 is 0 Å². The van der Waals surface area contributed by atoms with E-state index >= 15 is 0 Å². The van der Waals surface area contributed by atoms with Crippen LogP contribution in [0.4, 0.5) is 0 Å². The molecule has 2 nitrogen and oxygen atoms in total. The van der Waals surface area contributed by atoms with E-state index in [1.54, 1.807) is 0 Å². The van der Waals surface area contributed by atoms with Gasteiger partial charge in [-0.15, -0.1) is 0 Å². The fourth-order valence-corrected chi connectivity index (χ4v) is 1.40. The molecule has 0 aromatic rings. The zero-order valence-corrected chi connectivity index (χ0v) is 7.40. The van der Waals surface area contributed by atoms with Crippen LogP contribution in [0, 0.1) is 5.92 Å². The van der Waals surface area contributed by atoms with Gasteiger partial charge in [-0.25, -0.2) is 0 Å². The number of allylic oxidation sites excluding steroid dienone is 3. The Morgan fingerprint density at radius 3 is 3.00 bits per heavy atom. The van der Waals surface area contributed by atoms with Gasteiger partial charge in [-0.05, 0) is 18.8 Å². The number of aliphatic hydroxyl groups is 2. The molecule has 2 heteroatoms. The summed E-state index contributed by atoms with van der Waals surface area (Å²) < 4.78 is 0. The molecule has 0 aromatic heterocycles. The van der Waals surface area contributed by atoms with Crippen molar-refractivity contribution in [1.29, 1.82) is 0 Å². The van der Waals surface area contributed by atoms with Crippen LogP contribution in [0.1, 0.15) is 19.8 Å². The van der Waals surface area contributed by atoms with Crippen molar-refractivity contribution in [3.8, 4) is 0 Å². The third-order valence-electron chi connectivity index (χ3n) is 2.25. The molecule has 0 radical (unpaired) electrons. The first-order valence-corrected chi connectivity index (χ1v) is 4.38. The molecule has 1 rings (SSSR count). The van der Waals surface area contributed by atoms with Crippen LogP contribution in [0.2, 0.25) is 0 Å². The zero-order valence-electron chi connectivity index (χ0n) is 7.40. The minimum Gasteiger partial charge on any atom is -0.394 e. The highest BCUT2D eigenvalue weighted by molar-refractivity contribution is 5.20. The molecule has 0 amide bonds. The first kappa shape index (κ1) is 9.49. The van der Waals surface area contributed by atoms with E-state index in [9.17, 15) is 5.11 Å². The Morgan fingerprint density at radius 2 is 2.42 bits per heavy atom. The highest BCUT2D eigenvalue weighted by Crippen LogP contribution is 2.23. The molecule has 0 fully saturated rings. The Labute approximate surface area is 73.2 Å². The molecule has 0 saturated heterocycles. The maximum atomic E-state index is 9.21. The summed E-state index contributed by atoms with van der Waals surface area (Å²) in [5.41, 5.74) is 1.24. The maximum Gasteiger partial charge on any atom is 0.0808 e. The normalized spacial score (nSPS) is 25.2. The van der Waals surface area contributed by atoms with Gasteiger partial charge in [-0.1, -0.05) is 30.7 Å². The second-order valence-corrected chi connectivity index (χ2v) is 3.35. The Kier molecular flexibility index (Phi) is 3.50. The fourth-order valence-electron chi connectivity index (χ4n) is 1.40. The van der Waals surface area contributed by atoms with Crippen molar-refractivity contribution >= 4 is 0 Å². The summed E-state index contributed by atoms with van der Waals surface area (Å²) >= 11 is 0. The number of rotatable bonds is 3. The number of aliphatic hydroxyl groups excluding tert-OH is 2. The van der Waals surface area contributed by atoms with E-state index in [0.29, 0.717) is 12.3 Å². The highest BCUT2D eigenvalue weighted by Gasteiger charge is 2.13. The van der Waals surface area contributed by atoms with Crippen LogP contribution in [-0.2, 0) is 0 Å². The molecular formula is C10H16O2. The molecule has 0 aromatic carbocycles. The van der Waals surface area contributed by atoms with Crippen LogP contribution in [0.3, 0.4) is 0 Å². The van der Waals surface area contributed by atoms with Gasteiger partial charge in [0.25, 0.3) is 0 Å².